The number of carbonyl (C=O) groups excluding carboxylic acids is 1. The highest BCUT2D eigenvalue weighted by molar-refractivity contribution is 6.54. The molecule has 1 amide bonds. The molecule has 1 fully saturated rings. The van der Waals surface area contributed by atoms with Crippen molar-refractivity contribution in [3.63, 3.8) is 0 Å². The monoisotopic (exact) mass is 237 g/mol. The van der Waals surface area contributed by atoms with E-state index in [1.807, 2.05) is 33.8 Å². The molecule has 1 saturated heterocycles. The van der Waals surface area contributed by atoms with Gasteiger partial charge in [0.25, 0.3) is 0 Å². The van der Waals surface area contributed by atoms with Gasteiger partial charge in [-0.3, -0.25) is 4.79 Å². The predicted molar refractivity (Wildman–Crippen MR) is 66.4 cm³/mol. The molecule has 2 aliphatic heterocycles. The zero-order valence-corrected chi connectivity index (χ0v) is 11.0. The Morgan fingerprint density at radius 2 is 1.88 bits per heavy atom. The van der Waals surface area contributed by atoms with Crippen LogP contribution in [0.15, 0.2) is 11.5 Å². The van der Waals surface area contributed by atoms with Crippen molar-refractivity contribution in [1.29, 1.82) is 0 Å². The molecule has 0 bridgehead atoms. The standard InChI is InChI=1S/C12H20BNO3/c1-11(2)12(3,4)17-13(16-11)10-5-7-14(9-15)8-6-10/h5,9H,6-8H2,1-4H3. The quantitative estimate of drug-likeness (QED) is 0.538. The van der Waals surface area contributed by atoms with Gasteiger partial charge in [-0.05, 0) is 39.6 Å². The minimum Gasteiger partial charge on any atom is -0.400 e. The molecule has 4 nitrogen and oxygen atoms in total. The van der Waals surface area contributed by atoms with Crippen molar-refractivity contribution in [2.45, 2.75) is 45.3 Å². The molecule has 0 aromatic carbocycles. The van der Waals surface area contributed by atoms with Crippen LogP contribution in [-0.2, 0) is 14.1 Å². The minimum absolute atomic E-state index is 0.256. The second-order valence-electron chi connectivity index (χ2n) is 5.72. The Morgan fingerprint density at radius 3 is 2.29 bits per heavy atom. The van der Waals surface area contributed by atoms with Gasteiger partial charge in [0.1, 0.15) is 0 Å². The molecule has 0 spiro atoms. The van der Waals surface area contributed by atoms with Gasteiger partial charge in [0.05, 0.1) is 11.2 Å². The number of nitrogens with zero attached hydrogens (tertiary/aromatic N) is 1. The highest BCUT2D eigenvalue weighted by Gasteiger charge is 2.52. The van der Waals surface area contributed by atoms with Gasteiger partial charge in [0, 0.05) is 13.1 Å². The van der Waals surface area contributed by atoms with E-state index in [1.165, 1.54) is 0 Å². The van der Waals surface area contributed by atoms with Gasteiger partial charge in [-0.25, -0.2) is 0 Å². The van der Waals surface area contributed by atoms with Crippen LogP contribution in [-0.4, -0.2) is 42.7 Å². The first-order chi connectivity index (χ1) is 7.86. The maximum Gasteiger partial charge on any atom is 0.490 e. The zero-order chi connectivity index (χ0) is 12.7. The van der Waals surface area contributed by atoms with Crippen molar-refractivity contribution in [2.75, 3.05) is 13.1 Å². The summed E-state index contributed by atoms with van der Waals surface area (Å²) >= 11 is 0. The van der Waals surface area contributed by atoms with Crippen LogP contribution in [0.5, 0.6) is 0 Å². The fourth-order valence-electron chi connectivity index (χ4n) is 2.00. The van der Waals surface area contributed by atoms with Gasteiger partial charge in [0.2, 0.25) is 6.41 Å². The van der Waals surface area contributed by atoms with Crippen molar-refractivity contribution < 1.29 is 14.1 Å². The van der Waals surface area contributed by atoms with Crippen LogP contribution >= 0.6 is 0 Å². The lowest BCUT2D eigenvalue weighted by atomic mass is 9.75. The van der Waals surface area contributed by atoms with Crippen molar-refractivity contribution in [1.82, 2.24) is 4.90 Å². The number of amides is 1. The molecule has 0 atom stereocenters. The highest BCUT2D eigenvalue weighted by atomic mass is 16.7. The van der Waals surface area contributed by atoms with Crippen LogP contribution in [0, 0.1) is 0 Å². The van der Waals surface area contributed by atoms with E-state index >= 15 is 0 Å². The molecule has 0 radical (unpaired) electrons. The lowest BCUT2D eigenvalue weighted by Gasteiger charge is -2.32. The fraction of sp³-hybridized carbons (Fsp3) is 0.750. The molecule has 0 aromatic rings. The molecule has 94 valence electrons. The molecule has 2 aliphatic rings. The average molecular weight is 237 g/mol. The molecular weight excluding hydrogens is 217 g/mol. The first-order valence-electron chi connectivity index (χ1n) is 6.10. The van der Waals surface area contributed by atoms with Crippen LogP contribution in [0.4, 0.5) is 0 Å². The maximum absolute atomic E-state index is 10.6. The lowest BCUT2D eigenvalue weighted by Crippen LogP contribution is -2.41. The van der Waals surface area contributed by atoms with E-state index < -0.39 is 0 Å². The second kappa shape index (κ2) is 4.14. The second-order valence-corrected chi connectivity index (χ2v) is 5.72. The molecule has 5 heteroatoms. The van der Waals surface area contributed by atoms with Gasteiger partial charge < -0.3 is 14.2 Å². The summed E-state index contributed by atoms with van der Waals surface area (Å²) in [5, 5.41) is 0. The van der Waals surface area contributed by atoms with Crippen LogP contribution < -0.4 is 0 Å². The molecule has 2 rings (SSSR count). The van der Waals surface area contributed by atoms with Gasteiger partial charge in [-0.1, -0.05) is 6.08 Å². The Morgan fingerprint density at radius 1 is 1.29 bits per heavy atom. The summed E-state index contributed by atoms with van der Waals surface area (Å²) in [4.78, 5) is 12.4. The minimum atomic E-state index is -0.291. The molecule has 0 unspecified atom stereocenters. The summed E-state index contributed by atoms with van der Waals surface area (Å²) in [7, 11) is -0.256. The highest BCUT2D eigenvalue weighted by Crippen LogP contribution is 2.39. The Balaban J connectivity index is 2.07. The van der Waals surface area contributed by atoms with Crippen LogP contribution in [0.1, 0.15) is 34.1 Å². The Hall–Kier alpha value is -0.805. The Bertz CT molecular complexity index is 336. The van der Waals surface area contributed by atoms with E-state index in [0.29, 0.717) is 6.54 Å². The number of hydrogen-bond donors (Lipinski definition) is 0. The number of carbonyl (C=O) groups is 1. The van der Waals surface area contributed by atoms with Crippen molar-refractivity contribution in [3.05, 3.63) is 11.5 Å². The van der Waals surface area contributed by atoms with E-state index in [4.69, 9.17) is 9.31 Å². The Kier molecular flexibility index (Phi) is 3.08. The molecule has 0 N–H and O–H groups in total. The van der Waals surface area contributed by atoms with Crippen LogP contribution in [0.3, 0.4) is 0 Å². The van der Waals surface area contributed by atoms with Crippen molar-refractivity contribution in [3.8, 4) is 0 Å². The van der Waals surface area contributed by atoms with E-state index in [1.54, 1.807) is 4.90 Å². The van der Waals surface area contributed by atoms with Gasteiger partial charge in [0.15, 0.2) is 0 Å². The fourth-order valence-corrected chi connectivity index (χ4v) is 2.00. The van der Waals surface area contributed by atoms with E-state index in [0.717, 1.165) is 24.8 Å². The summed E-state index contributed by atoms with van der Waals surface area (Å²) in [6.45, 7) is 9.60. The summed E-state index contributed by atoms with van der Waals surface area (Å²) in [5.74, 6) is 0. The number of rotatable bonds is 2. The molecule has 0 aromatic heterocycles. The SMILES string of the molecule is CC1(C)OB(C2=CCN(C=O)CC2)OC1(C)C. The summed E-state index contributed by atoms with van der Waals surface area (Å²) in [5.41, 5.74) is 0.572. The Labute approximate surface area is 103 Å². The summed E-state index contributed by atoms with van der Waals surface area (Å²) in [6.07, 6.45) is 3.76. The normalized spacial score (nSPS) is 26.9. The zero-order valence-electron chi connectivity index (χ0n) is 11.0. The molecule has 0 aliphatic carbocycles. The first-order valence-corrected chi connectivity index (χ1v) is 6.10. The predicted octanol–water partition coefficient (Wildman–Crippen LogP) is 1.41. The molecular formula is C12H20BNO3. The third kappa shape index (κ3) is 2.26. The van der Waals surface area contributed by atoms with Gasteiger partial charge >= 0.3 is 7.12 Å². The topological polar surface area (TPSA) is 38.8 Å². The molecule has 0 saturated carbocycles. The van der Waals surface area contributed by atoms with E-state index in [-0.39, 0.29) is 18.3 Å². The van der Waals surface area contributed by atoms with Crippen molar-refractivity contribution >= 4 is 13.5 Å². The lowest BCUT2D eigenvalue weighted by molar-refractivity contribution is -0.117. The smallest absolute Gasteiger partial charge is 0.400 e. The largest absolute Gasteiger partial charge is 0.490 e. The van der Waals surface area contributed by atoms with Gasteiger partial charge in [-0.15, -0.1) is 0 Å². The van der Waals surface area contributed by atoms with Gasteiger partial charge in [-0.2, -0.15) is 0 Å². The van der Waals surface area contributed by atoms with E-state index in [2.05, 4.69) is 0 Å². The average Bonchev–Trinajstić information content (AvgIpc) is 2.48. The maximum atomic E-state index is 10.6. The summed E-state index contributed by atoms with van der Waals surface area (Å²) < 4.78 is 12.0. The van der Waals surface area contributed by atoms with Crippen molar-refractivity contribution in [2.24, 2.45) is 0 Å². The van der Waals surface area contributed by atoms with Crippen LogP contribution in [0.25, 0.3) is 0 Å². The molecule has 2 heterocycles. The third-order valence-corrected chi connectivity index (χ3v) is 3.98. The van der Waals surface area contributed by atoms with Crippen LogP contribution in [0.2, 0.25) is 0 Å². The van der Waals surface area contributed by atoms with E-state index in [9.17, 15) is 4.79 Å². The third-order valence-electron chi connectivity index (χ3n) is 3.98. The number of hydrogen-bond acceptors (Lipinski definition) is 3. The first kappa shape index (κ1) is 12.6. The molecule has 17 heavy (non-hydrogen) atoms. The summed E-state index contributed by atoms with van der Waals surface area (Å²) in [6, 6.07) is 0.